The van der Waals surface area contributed by atoms with Crippen molar-refractivity contribution in [3.05, 3.63) is 42.6 Å². The molecule has 0 aliphatic rings. The van der Waals surface area contributed by atoms with Gasteiger partial charge in [0.15, 0.2) is 5.82 Å². The van der Waals surface area contributed by atoms with Gasteiger partial charge in [-0.05, 0) is 12.1 Å². The number of nitrogens with zero attached hydrogens (tertiary/aromatic N) is 3. The summed E-state index contributed by atoms with van der Waals surface area (Å²) in [6, 6.07) is 3.41. The smallest absolute Gasteiger partial charge is 0.275 e. The largest absolute Gasteiger partial charge is 0.387 e. The number of aromatic nitrogens is 3. The third kappa shape index (κ3) is 2.75. The van der Waals surface area contributed by atoms with Gasteiger partial charge in [0, 0.05) is 19.4 Å². The van der Waals surface area contributed by atoms with Gasteiger partial charge in [0.05, 0.1) is 18.1 Å². The maximum absolute atomic E-state index is 11.8. The molecule has 86 valence electrons. The number of rotatable bonds is 3. The summed E-state index contributed by atoms with van der Waals surface area (Å²) in [4.78, 5) is 23.6. The first kappa shape index (κ1) is 11.0. The lowest BCUT2D eigenvalue weighted by Gasteiger charge is -2.03. The van der Waals surface area contributed by atoms with Gasteiger partial charge in [-0.1, -0.05) is 0 Å². The van der Waals surface area contributed by atoms with Gasteiger partial charge in [0.25, 0.3) is 5.91 Å². The first-order valence-corrected chi connectivity index (χ1v) is 5.01. The molecule has 17 heavy (non-hydrogen) atoms. The highest BCUT2D eigenvalue weighted by Crippen LogP contribution is 2.06. The fourth-order valence-corrected chi connectivity index (χ4v) is 1.22. The third-order valence-corrected chi connectivity index (χ3v) is 2.09. The zero-order valence-electron chi connectivity index (χ0n) is 9.21. The molecule has 0 aliphatic heterocycles. The monoisotopic (exact) mass is 229 g/mol. The molecule has 6 heteroatoms. The molecule has 0 unspecified atom stereocenters. The summed E-state index contributed by atoms with van der Waals surface area (Å²) >= 11 is 0. The number of carbonyl (C=O) groups excluding carboxylic acids is 1. The topological polar surface area (TPSA) is 79.8 Å². The first-order valence-electron chi connectivity index (χ1n) is 5.01. The van der Waals surface area contributed by atoms with E-state index in [-0.39, 0.29) is 5.91 Å². The molecule has 2 heterocycles. The van der Waals surface area contributed by atoms with Crippen molar-refractivity contribution in [2.45, 2.75) is 0 Å². The van der Waals surface area contributed by atoms with E-state index in [4.69, 9.17) is 0 Å². The van der Waals surface area contributed by atoms with E-state index < -0.39 is 0 Å². The minimum Gasteiger partial charge on any atom is -0.387 e. The van der Waals surface area contributed by atoms with Crippen LogP contribution in [-0.2, 0) is 0 Å². The molecule has 0 radical (unpaired) electrons. The lowest BCUT2D eigenvalue weighted by Crippen LogP contribution is -2.14. The molecule has 2 aromatic rings. The number of carbonyl (C=O) groups is 1. The second kappa shape index (κ2) is 5.02. The molecule has 0 bridgehead atoms. The molecule has 0 saturated heterocycles. The molecule has 0 atom stereocenters. The SMILES string of the molecule is CNc1ccc(C(=O)Nc2cnccn2)nc1. The van der Waals surface area contributed by atoms with E-state index >= 15 is 0 Å². The van der Waals surface area contributed by atoms with Gasteiger partial charge in [0.2, 0.25) is 0 Å². The number of anilines is 2. The standard InChI is InChI=1S/C11H11N5O/c1-12-8-2-3-9(15-6-8)11(17)16-10-7-13-4-5-14-10/h2-7,12H,1H3,(H,14,16,17). The van der Waals surface area contributed by atoms with Crippen molar-refractivity contribution >= 4 is 17.4 Å². The quantitative estimate of drug-likeness (QED) is 0.825. The second-order valence-corrected chi connectivity index (χ2v) is 3.23. The van der Waals surface area contributed by atoms with E-state index in [0.29, 0.717) is 11.5 Å². The molecule has 2 aromatic heterocycles. The normalized spacial score (nSPS) is 9.71. The molecule has 2 N–H and O–H groups in total. The molecule has 2 rings (SSSR count). The summed E-state index contributed by atoms with van der Waals surface area (Å²) in [6.45, 7) is 0. The number of hydrogen-bond donors (Lipinski definition) is 2. The first-order chi connectivity index (χ1) is 8.29. The average Bonchev–Trinajstić information content (AvgIpc) is 2.40. The van der Waals surface area contributed by atoms with Crippen molar-refractivity contribution < 1.29 is 4.79 Å². The lowest BCUT2D eigenvalue weighted by molar-refractivity contribution is 0.102. The number of nitrogens with one attached hydrogen (secondary N) is 2. The van der Waals surface area contributed by atoms with Crippen LogP contribution in [0.3, 0.4) is 0 Å². The van der Waals surface area contributed by atoms with Gasteiger partial charge in [-0.15, -0.1) is 0 Å². The van der Waals surface area contributed by atoms with Gasteiger partial charge < -0.3 is 10.6 Å². The minimum absolute atomic E-state index is 0.312. The Balaban J connectivity index is 2.09. The van der Waals surface area contributed by atoms with Crippen LogP contribution in [0.15, 0.2) is 36.9 Å². The Morgan fingerprint density at radius 1 is 1.18 bits per heavy atom. The Bertz CT molecular complexity index is 497. The Labute approximate surface area is 98.1 Å². The molecule has 0 saturated carbocycles. The molecule has 0 fully saturated rings. The van der Waals surface area contributed by atoms with E-state index in [1.165, 1.54) is 18.6 Å². The van der Waals surface area contributed by atoms with E-state index in [1.807, 2.05) is 0 Å². The predicted molar refractivity (Wildman–Crippen MR) is 63.8 cm³/mol. The molecule has 0 aliphatic carbocycles. The Morgan fingerprint density at radius 3 is 2.65 bits per heavy atom. The van der Waals surface area contributed by atoms with E-state index in [1.54, 1.807) is 25.4 Å². The van der Waals surface area contributed by atoms with Gasteiger partial charge in [0.1, 0.15) is 5.69 Å². The van der Waals surface area contributed by atoms with Crippen LogP contribution in [0, 0.1) is 0 Å². The van der Waals surface area contributed by atoms with Crippen molar-refractivity contribution in [1.82, 2.24) is 15.0 Å². The van der Waals surface area contributed by atoms with Crippen LogP contribution in [0.5, 0.6) is 0 Å². The maximum atomic E-state index is 11.8. The lowest BCUT2D eigenvalue weighted by atomic mass is 10.3. The van der Waals surface area contributed by atoms with Crippen LogP contribution in [0.1, 0.15) is 10.5 Å². The van der Waals surface area contributed by atoms with Crippen LogP contribution < -0.4 is 10.6 Å². The van der Waals surface area contributed by atoms with Crippen LogP contribution >= 0.6 is 0 Å². The minimum atomic E-state index is -0.312. The van der Waals surface area contributed by atoms with Crippen molar-refractivity contribution in [3.8, 4) is 0 Å². The summed E-state index contributed by atoms with van der Waals surface area (Å²) in [6.07, 6.45) is 6.11. The van der Waals surface area contributed by atoms with Crippen LogP contribution in [-0.4, -0.2) is 27.9 Å². The molecule has 1 amide bonds. The van der Waals surface area contributed by atoms with Crippen LogP contribution in [0.2, 0.25) is 0 Å². The zero-order valence-corrected chi connectivity index (χ0v) is 9.21. The van der Waals surface area contributed by atoms with Gasteiger partial charge in [-0.3, -0.25) is 9.78 Å². The highest BCUT2D eigenvalue weighted by molar-refractivity contribution is 6.02. The number of hydrogen-bond acceptors (Lipinski definition) is 5. The molecule has 6 nitrogen and oxygen atoms in total. The number of pyridine rings is 1. The summed E-state index contributed by atoms with van der Waals surface area (Å²) in [5, 5.41) is 5.53. The van der Waals surface area contributed by atoms with Crippen molar-refractivity contribution in [2.75, 3.05) is 17.7 Å². The van der Waals surface area contributed by atoms with Gasteiger partial charge >= 0.3 is 0 Å². The fraction of sp³-hybridized carbons (Fsp3) is 0.0909. The van der Waals surface area contributed by atoms with Crippen molar-refractivity contribution in [2.24, 2.45) is 0 Å². The Kier molecular flexibility index (Phi) is 3.25. The van der Waals surface area contributed by atoms with Crippen LogP contribution in [0.4, 0.5) is 11.5 Å². The summed E-state index contributed by atoms with van der Waals surface area (Å²) in [7, 11) is 1.79. The van der Waals surface area contributed by atoms with E-state index in [2.05, 4.69) is 25.6 Å². The Morgan fingerprint density at radius 2 is 2.06 bits per heavy atom. The summed E-state index contributed by atoms with van der Waals surface area (Å²) in [5.74, 6) is 0.0881. The molecular weight excluding hydrogens is 218 g/mol. The van der Waals surface area contributed by atoms with E-state index in [9.17, 15) is 4.79 Å². The summed E-state index contributed by atoms with van der Waals surface area (Å²) in [5.41, 5.74) is 1.18. The van der Waals surface area contributed by atoms with E-state index in [0.717, 1.165) is 5.69 Å². The molecule has 0 spiro atoms. The zero-order chi connectivity index (χ0) is 12.1. The predicted octanol–water partition coefficient (Wildman–Crippen LogP) is 1.17. The third-order valence-electron chi connectivity index (χ3n) is 2.09. The highest BCUT2D eigenvalue weighted by Gasteiger charge is 2.07. The Hall–Kier alpha value is -2.50. The number of amides is 1. The van der Waals surface area contributed by atoms with Crippen molar-refractivity contribution in [3.63, 3.8) is 0 Å². The van der Waals surface area contributed by atoms with Crippen molar-refractivity contribution in [1.29, 1.82) is 0 Å². The van der Waals surface area contributed by atoms with Gasteiger partial charge in [-0.2, -0.15) is 0 Å². The second-order valence-electron chi connectivity index (χ2n) is 3.23. The maximum Gasteiger partial charge on any atom is 0.275 e. The molecular formula is C11H11N5O. The van der Waals surface area contributed by atoms with Crippen LogP contribution in [0.25, 0.3) is 0 Å². The average molecular weight is 229 g/mol. The highest BCUT2D eigenvalue weighted by atomic mass is 16.1. The van der Waals surface area contributed by atoms with Gasteiger partial charge in [-0.25, -0.2) is 9.97 Å². The fourth-order valence-electron chi connectivity index (χ4n) is 1.22. The molecule has 0 aromatic carbocycles. The summed E-state index contributed by atoms with van der Waals surface area (Å²) < 4.78 is 0.